The van der Waals surface area contributed by atoms with E-state index in [1.54, 1.807) is 0 Å². The third kappa shape index (κ3) is 4.48. The lowest BCUT2D eigenvalue weighted by molar-refractivity contribution is 0.0162. The predicted octanol–water partition coefficient (Wildman–Crippen LogP) is 3.50. The Balaban J connectivity index is 1.78. The normalized spacial score (nSPS) is 16.2. The smallest absolute Gasteiger partial charge is 0.255 e. The molecule has 1 aliphatic rings. The first-order valence-corrected chi connectivity index (χ1v) is 9.15. The van der Waals surface area contributed by atoms with Gasteiger partial charge < -0.3 is 15.2 Å². The maximum Gasteiger partial charge on any atom is 0.255 e. The molecule has 0 aromatic heterocycles. The van der Waals surface area contributed by atoms with Crippen molar-refractivity contribution in [3.8, 4) is 5.75 Å². The van der Waals surface area contributed by atoms with Crippen LogP contribution >= 0.6 is 23.2 Å². The van der Waals surface area contributed by atoms with Gasteiger partial charge in [0, 0.05) is 29.7 Å². The van der Waals surface area contributed by atoms with Crippen LogP contribution in [0.4, 0.5) is 0 Å². The van der Waals surface area contributed by atoms with Crippen LogP contribution in [0.1, 0.15) is 22.0 Å². The van der Waals surface area contributed by atoms with Gasteiger partial charge in [-0.05, 0) is 29.8 Å². The lowest BCUT2D eigenvalue weighted by atomic mass is 10.0. The molecular weight excluding hydrogens is 375 g/mol. The zero-order valence-electron chi connectivity index (χ0n) is 14.1. The molecule has 0 spiro atoms. The number of aromatic hydroxyl groups is 1. The van der Waals surface area contributed by atoms with E-state index in [-0.39, 0.29) is 23.3 Å². The number of nitrogens with zero attached hydrogens (tertiary/aromatic N) is 1. The Morgan fingerprint density at radius 2 is 1.92 bits per heavy atom. The summed E-state index contributed by atoms with van der Waals surface area (Å²) in [5, 5.41) is 13.9. The zero-order valence-corrected chi connectivity index (χ0v) is 15.6. The first-order valence-electron chi connectivity index (χ1n) is 8.39. The molecule has 1 fully saturated rings. The van der Waals surface area contributed by atoms with Gasteiger partial charge in [0.25, 0.3) is 5.91 Å². The Morgan fingerprint density at radius 3 is 2.65 bits per heavy atom. The van der Waals surface area contributed by atoms with Gasteiger partial charge in [-0.25, -0.2) is 0 Å². The SMILES string of the molecule is O=C(NCC(c1ccccc1Cl)N1CCOCC1)c1cc(Cl)ccc1O. The van der Waals surface area contributed by atoms with E-state index in [1.165, 1.54) is 18.2 Å². The van der Waals surface area contributed by atoms with Crippen molar-refractivity contribution in [1.29, 1.82) is 0 Å². The third-order valence-corrected chi connectivity index (χ3v) is 4.99. The van der Waals surface area contributed by atoms with Crippen LogP contribution in [-0.2, 0) is 4.74 Å². The number of benzene rings is 2. The fourth-order valence-electron chi connectivity index (χ4n) is 3.04. The van der Waals surface area contributed by atoms with E-state index in [0.29, 0.717) is 29.8 Å². The van der Waals surface area contributed by atoms with Crippen molar-refractivity contribution in [2.75, 3.05) is 32.8 Å². The fraction of sp³-hybridized carbons (Fsp3) is 0.316. The van der Waals surface area contributed by atoms with Gasteiger partial charge in [-0.1, -0.05) is 41.4 Å². The van der Waals surface area contributed by atoms with Gasteiger partial charge in [0.2, 0.25) is 0 Å². The van der Waals surface area contributed by atoms with Crippen LogP contribution in [0.5, 0.6) is 5.75 Å². The number of carbonyl (C=O) groups is 1. The van der Waals surface area contributed by atoms with E-state index in [0.717, 1.165) is 18.7 Å². The molecule has 1 amide bonds. The van der Waals surface area contributed by atoms with E-state index in [2.05, 4.69) is 10.2 Å². The van der Waals surface area contributed by atoms with Crippen molar-refractivity contribution in [3.63, 3.8) is 0 Å². The Morgan fingerprint density at radius 1 is 1.19 bits per heavy atom. The highest BCUT2D eigenvalue weighted by Crippen LogP contribution is 2.28. The number of ether oxygens (including phenoxy) is 1. The summed E-state index contributed by atoms with van der Waals surface area (Å²) < 4.78 is 5.43. The van der Waals surface area contributed by atoms with Gasteiger partial charge in [0.15, 0.2) is 0 Å². The minimum atomic E-state index is -0.379. The molecule has 0 radical (unpaired) electrons. The van der Waals surface area contributed by atoms with Crippen LogP contribution in [0.3, 0.4) is 0 Å². The average molecular weight is 395 g/mol. The number of amides is 1. The van der Waals surface area contributed by atoms with E-state index in [4.69, 9.17) is 27.9 Å². The van der Waals surface area contributed by atoms with Gasteiger partial charge >= 0.3 is 0 Å². The molecule has 5 nitrogen and oxygen atoms in total. The highest BCUT2D eigenvalue weighted by Gasteiger charge is 2.25. The summed E-state index contributed by atoms with van der Waals surface area (Å²) in [5.74, 6) is -0.483. The number of rotatable bonds is 5. The molecule has 3 rings (SSSR count). The van der Waals surface area contributed by atoms with Crippen LogP contribution in [-0.4, -0.2) is 48.8 Å². The minimum absolute atomic E-state index is 0.0853. The fourth-order valence-corrected chi connectivity index (χ4v) is 3.48. The van der Waals surface area contributed by atoms with Crippen molar-refractivity contribution in [2.24, 2.45) is 0 Å². The molecule has 7 heteroatoms. The topological polar surface area (TPSA) is 61.8 Å². The number of hydrogen-bond acceptors (Lipinski definition) is 4. The van der Waals surface area contributed by atoms with E-state index < -0.39 is 0 Å². The summed E-state index contributed by atoms with van der Waals surface area (Å²) >= 11 is 12.3. The number of morpholine rings is 1. The summed E-state index contributed by atoms with van der Waals surface area (Å²) in [7, 11) is 0. The van der Waals surface area contributed by atoms with Gasteiger partial charge in [0.05, 0.1) is 24.8 Å². The van der Waals surface area contributed by atoms with Gasteiger partial charge in [-0.2, -0.15) is 0 Å². The maximum atomic E-state index is 12.5. The van der Waals surface area contributed by atoms with Crippen molar-refractivity contribution >= 4 is 29.1 Å². The summed E-state index contributed by atoms with van der Waals surface area (Å²) in [6, 6.07) is 11.9. The predicted molar refractivity (Wildman–Crippen MR) is 102 cm³/mol. The second-order valence-electron chi connectivity index (χ2n) is 6.06. The van der Waals surface area contributed by atoms with Gasteiger partial charge in [0.1, 0.15) is 5.75 Å². The average Bonchev–Trinajstić information content (AvgIpc) is 2.66. The molecular formula is C19H20Cl2N2O3. The molecule has 0 aliphatic carbocycles. The number of phenolic OH excluding ortho intramolecular Hbond substituents is 1. The highest BCUT2D eigenvalue weighted by atomic mass is 35.5. The second kappa shape index (κ2) is 8.73. The van der Waals surface area contributed by atoms with E-state index in [9.17, 15) is 9.90 Å². The molecule has 26 heavy (non-hydrogen) atoms. The van der Waals surface area contributed by atoms with E-state index in [1.807, 2.05) is 24.3 Å². The molecule has 2 aromatic carbocycles. The summed E-state index contributed by atoms with van der Waals surface area (Å²) in [6.07, 6.45) is 0. The highest BCUT2D eigenvalue weighted by molar-refractivity contribution is 6.31. The second-order valence-corrected chi connectivity index (χ2v) is 6.90. The summed E-state index contributed by atoms with van der Waals surface area (Å²) in [4.78, 5) is 14.8. The molecule has 0 saturated carbocycles. The molecule has 1 heterocycles. The van der Waals surface area contributed by atoms with Crippen LogP contribution < -0.4 is 5.32 Å². The standard InChI is InChI=1S/C19H20Cl2N2O3/c20-13-5-6-18(24)15(11-13)19(25)22-12-17(23-7-9-26-10-8-23)14-3-1-2-4-16(14)21/h1-6,11,17,24H,7-10,12H2,(H,22,25). The number of phenols is 1. The molecule has 2 aromatic rings. The number of nitrogens with one attached hydrogen (secondary N) is 1. The Hall–Kier alpha value is -1.79. The summed E-state index contributed by atoms with van der Waals surface area (Å²) in [5.41, 5.74) is 1.10. The van der Waals surface area contributed by atoms with Crippen LogP contribution in [0.25, 0.3) is 0 Å². The Bertz CT molecular complexity index is 779. The number of halogens is 2. The summed E-state index contributed by atoms with van der Waals surface area (Å²) in [6.45, 7) is 3.16. The molecule has 1 unspecified atom stereocenters. The number of carbonyl (C=O) groups excluding carboxylic acids is 1. The molecule has 0 bridgehead atoms. The first kappa shape index (κ1) is 19.0. The lowest BCUT2D eigenvalue weighted by Crippen LogP contribution is -2.44. The van der Waals surface area contributed by atoms with Crippen LogP contribution in [0.2, 0.25) is 10.0 Å². The largest absolute Gasteiger partial charge is 0.507 e. The Kier molecular flexibility index (Phi) is 6.38. The third-order valence-electron chi connectivity index (χ3n) is 4.41. The molecule has 1 saturated heterocycles. The van der Waals surface area contributed by atoms with Crippen LogP contribution in [0, 0.1) is 0 Å². The molecule has 1 aliphatic heterocycles. The first-order chi connectivity index (χ1) is 12.6. The molecule has 138 valence electrons. The minimum Gasteiger partial charge on any atom is -0.507 e. The van der Waals surface area contributed by atoms with Crippen molar-refractivity contribution in [2.45, 2.75) is 6.04 Å². The monoisotopic (exact) mass is 394 g/mol. The Labute approximate surface area is 162 Å². The van der Waals surface area contributed by atoms with Gasteiger partial charge in [-0.15, -0.1) is 0 Å². The lowest BCUT2D eigenvalue weighted by Gasteiger charge is -2.35. The van der Waals surface area contributed by atoms with Crippen molar-refractivity contribution in [1.82, 2.24) is 10.2 Å². The maximum absolute atomic E-state index is 12.5. The number of hydrogen-bond donors (Lipinski definition) is 2. The van der Waals surface area contributed by atoms with Crippen LogP contribution in [0.15, 0.2) is 42.5 Å². The van der Waals surface area contributed by atoms with E-state index >= 15 is 0 Å². The van der Waals surface area contributed by atoms with Gasteiger partial charge in [-0.3, -0.25) is 9.69 Å². The van der Waals surface area contributed by atoms with Crippen molar-refractivity contribution < 1.29 is 14.6 Å². The molecule has 2 N–H and O–H groups in total. The quantitative estimate of drug-likeness (QED) is 0.814. The zero-order chi connectivity index (χ0) is 18.5. The van der Waals surface area contributed by atoms with Crippen molar-refractivity contribution in [3.05, 3.63) is 63.6 Å². The molecule has 1 atom stereocenters.